The molecule has 1 N–H and O–H groups in total. The summed E-state index contributed by atoms with van der Waals surface area (Å²) < 4.78 is 1.17. The van der Waals surface area contributed by atoms with Gasteiger partial charge in [-0.05, 0) is 42.5 Å². The van der Waals surface area contributed by atoms with Crippen LogP contribution in [0.3, 0.4) is 0 Å². The van der Waals surface area contributed by atoms with Crippen molar-refractivity contribution < 1.29 is 0 Å². The van der Waals surface area contributed by atoms with E-state index in [0.29, 0.717) is 5.92 Å². The van der Waals surface area contributed by atoms with Crippen LogP contribution < -0.4 is 5.32 Å². The highest BCUT2D eigenvalue weighted by molar-refractivity contribution is 9.10. The van der Waals surface area contributed by atoms with Crippen LogP contribution in [0.15, 0.2) is 28.7 Å². The molecule has 0 aliphatic rings. The molecule has 0 fully saturated rings. The van der Waals surface area contributed by atoms with Crippen molar-refractivity contribution in [1.29, 1.82) is 0 Å². The predicted octanol–water partition coefficient (Wildman–Crippen LogP) is 4.19. The summed E-state index contributed by atoms with van der Waals surface area (Å²) in [6, 6.07) is 8.64. The quantitative estimate of drug-likeness (QED) is 0.826. The minimum Gasteiger partial charge on any atom is -0.316 e. The summed E-state index contributed by atoms with van der Waals surface area (Å²) in [7, 11) is 0. The van der Waals surface area contributed by atoms with E-state index in [4.69, 9.17) is 0 Å². The van der Waals surface area contributed by atoms with Crippen molar-refractivity contribution in [3.05, 3.63) is 34.3 Å². The third-order valence-corrected chi connectivity index (χ3v) is 3.25. The molecule has 1 rings (SSSR count). The molecular weight excluding hydrogens is 262 g/mol. The molecule has 0 aromatic heterocycles. The van der Waals surface area contributed by atoms with Crippen LogP contribution in [0.25, 0.3) is 0 Å². The molecule has 0 aliphatic heterocycles. The van der Waals surface area contributed by atoms with E-state index in [0.717, 1.165) is 19.0 Å². The van der Waals surface area contributed by atoms with Gasteiger partial charge in [0.25, 0.3) is 0 Å². The van der Waals surface area contributed by atoms with Crippen molar-refractivity contribution in [3.63, 3.8) is 0 Å². The largest absolute Gasteiger partial charge is 0.316 e. The summed E-state index contributed by atoms with van der Waals surface area (Å²) in [5.41, 5.74) is 1.42. The maximum Gasteiger partial charge on any atom is 0.0178 e. The van der Waals surface area contributed by atoms with Crippen LogP contribution in [0, 0.1) is 5.92 Å². The molecule has 0 saturated heterocycles. The summed E-state index contributed by atoms with van der Waals surface area (Å²) in [5, 5.41) is 3.54. The third kappa shape index (κ3) is 4.67. The Balaban J connectivity index is 2.53. The maximum atomic E-state index is 3.54. The smallest absolute Gasteiger partial charge is 0.0178 e. The van der Waals surface area contributed by atoms with Crippen molar-refractivity contribution in [2.75, 3.05) is 13.1 Å². The Bertz CT molecular complexity index is 309. The molecule has 1 nitrogen and oxygen atoms in total. The van der Waals surface area contributed by atoms with Crippen molar-refractivity contribution >= 4 is 15.9 Å². The van der Waals surface area contributed by atoms with Crippen LogP contribution in [-0.4, -0.2) is 13.1 Å². The Morgan fingerprint density at radius 1 is 1.25 bits per heavy atom. The van der Waals surface area contributed by atoms with Crippen LogP contribution >= 0.6 is 15.9 Å². The van der Waals surface area contributed by atoms with Crippen LogP contribution in [0.5, 0.6) is 0 Å². The Kier molecular flexibility index (Phi) is 6.07. The molecule has 1 aromatic rings. The highest BCUT2D eigenvalue weighted by Crippen LogP contribution is 2.22. The molecular formula is C14H22BrN. The fourth-order valence-corrected chi connectivity index (χ4v) is 2.22. The lowest BCUT2D eigenvalue weighted by Gasteiger charge is -2.17. The Labute approximate surface area is 108 Å². The lowest BCUT2D eigenvalue weighted by atomic mass is 9.96. The number of rotatable bonds is 6. The maximum absolute atomic E-state index is 3.54. The predicted molar refractivity (Wildman–Crippen MR) is 74.9 cm³/mol. The molecule has 1 aromatic carbocycles. The van der Waals surface area contributed by atoms with Gasteiger partial charge in [0.05, 0.1) is 0 Å². The summed E-state index contributed by atoms with van der Waals surface area (Å²) in [5.74, 6) is 1.34. The molecule has 0 saturated carbocycles. The van der Waals surface area contributed by atoms with Gasteiger partial charge >= 0.3 is 0 Å². The van der Waals surface area contributed by atoms with Gasteiger partial charge in [-0.1, -0.05) is 48.8 Å². The van der Waals surface area contributed by atoms with Gasteiger partial charge < -0.3 is 5.32 Å². The minimum atomic E-state index is 0.622. The van der Waals surface area contributed by atoms with Gasteiger partial charge in [0, 0.05) is 11.0 Å². The molecule has 1 unspecified atom stereocenters. The van der Waals surface area contributed by atoms with E-state index >= 15 is 0 Å². The lowest BCUT2D eigenvalue weighted by molar-refractivity contribution is 0.509. The third-order valence-electron chi connectivity index (χ3n) is 2.76. The second-order valence-corrected chi connectivity index (χ2v) is 5.63. The summed E-state index contributed by atoms with van der Waals surface area (Å²) in [4.78, 5) is 0. The second-order valence-electron chi connectivity index (χ2n) is 4.71. The topological polar surface area (TPSA) is 12.0 Å². The molecule has 0 aliphatic carbocycles. The number of hydrogen-bond donors (Lipinski definition) is 1. The summed E-state index contributed by atoms with van der Waals surface area (Å²) in [6.45, 7) is 8.92. The number of halogens is 1. The Morgan fingerprint density at radius 3 is 2.56 bits per heavy atom. The normalized spacial score (nSPS) is 13.1. The van der Waals surface area contributed by atoms with E-state index in [-0.39, 0.29) is 0 Å². The molecule has 2 heteroatoms. The first kappa shape index (κ1) is 13.7. The van der Waals surface area contributed by atoms with Gasteiger partial charge in [-0.3, -0.25) is 0 Å². The fraction of sp³-hybridized carbons (Fsp3) is 0.571. The van der Waals surface area contributed by atoms with E-state index in [1.807, 2.05) is 0 Å². The molecule has 90 valence electrons. The van der Waals surface area contributed by atoms with Crippen LogP contribution in [0.4, 0.5) is 0 Å². The van der Waals surface area contributed by atoms with Crippen molar-refractivity contribution in [2.24, 2.45) is 5.92 Å². The lowest BCUT2D eigenvalue weighted by Crippen LogP contribution is -2.25. The van der Waals surface area contributed by atoms with E-state index in [9.17, 15) is 0 Å². The molecule has 0 heterocycles. The van der Waals surface area contributed by atoms with Crippen molar-refractivity contribution in [1.82, 2.24) is 5.32 Å². The first-order chi connectivity index (χ1) is 7.63. The molecule has 0 spiro atoms. The highest BCUT2D eigenvalue weighted by atomic mass is 79.9. The number of benzene rings is 1. The van der Waals surface area contributed by atoms with Gasteiger partial charge in [-0.25, -0.2) is 0 Å². The second kappa shape index (κ2) is 7.08. The zero-order valence-corrected chi connectivity index (χ0v) is 12.0. The van der Waals surface area contributed by atoms with E-state index in [1.165, 1.54) is 16.5 Å². The Morgan fingerprint density at radius 2 is 2.00 bits per heavy atom. The molecule has 0 radical (unpaired) electrons. The van der Waals surface area contributed by atoms with Gasteiger partial charge in [0.2, 0.25) is 0 Å². The molecule has 0 amide bonds. The Hall–Kier alpha value is -0.340. The minimum absolute atomic E-state index is 0.622. The average Bonchev–Trinajstić information content (AvgIpc) is 2.24. The fourth-order valence-electron chi connectivity index (χ4n) is 1.80. The van der Waals surface area contributed by atoms with Gasteiger partial charge in [0.15, 0.2) is 0 Å². The van der Waals surface area contributed by atoms with Gasteiger partial charge in [0.1, 0.15) is 0 Å². The van der Waals surface area contributed by atoms with Crippen molar-refractivity contribution in [3.8, 4) is 0 Å². The van der Waals surface area contributed by atoms with Crippen molar-refractivity contribution in [2.45, 2.75) is 33.1 Å². The molecule has 0 bridgehead atoms. The SMILES string of the molecule is CCC(CNCC(C)C)c1cccc(Br)c1. The number of hydrogen-bond acceptors (Lipinski definition) is 1. The van der Waals surface area contributed by atoms with E-state index < -0.39 is 0 Å². The summed E-state index contributed by atoms with van der Waals surface area (Å²) >= 11 is 3.53. The van der Waals surface area contributed by atoms with E-state index in [2.05, 4.69) is 66.3 Å². The number of nitrogens with one attached hydrogen (secondary N) is 1. The van der Waals surface area contributed by atoms with E-state index in [1.54, 1.807) is 0 Å². The zero-order chi connectivity index (χ0) is 12.0. The monoisotopic (exact) mass is 283 g/mol. The highest BCUT2D eigenvalue weighted by Gasteiger charge is 2.09. The first-order valence-electron chi connectivity index (χ1n) is 6.09. The summed E-state index contributed by atoms with van der Waals surface area (Å²) in [6.07, 6.45) is 1.18. The van der Waals surface area contributed by atoms with Crippen LogP contribution in [-0.2, 0) is 0 Å². The molecule has 16 heavy (non-hydrogen) atoms. The van der Waals surface area contributed by atoms with Gasteiger partial charge in [-0.15, -0.1) is 0 Å². The van der Waals surface area contributed by atoms with Crippen LogP contribution in [0.2, 0.25) is 0 Å². The van der Waals surface area contributed by atoms with Gasteiger partial charge in [-0.2, -0.15) is 0 Å². The first-order valence-corrected chi connectivity index (χ1v) is 6.89. The zero-order valence-electron chi connectivity index (χ0n) is 10.5. The average molecular weight is 284 g/mol. The molecule has 1 atom stereocenters. The van der Waals surface area contributed by atoms with Crippen LogP contribution in [0.1, 0.15) is 38.7 Å². The standard InChI is InChI=1S/C14H22BrN/c1-4-12(10-16-9-11(2)3)13-6-5-7-14(15)8-13/h5-8,11-12,16H,4,9-10H2,1-3H3.